The number of pyridine rings is 1. The molecule has 0 saturated heterocycles. The zero-order chi connectivity index (χ0) is 17.8. The Morgan fingerprint density at radius 3 is 2.48 bits per heavy atom. The molecule has 130 valence electrons. The van der Waals surface area contributed by atoms with Crippen LogP contribution in [-0.2, 0) is 6.42 Å². The Morgan fingerprint density at radius 2 is 1.76 bits per heavy atom. The number of amides is 2. The van der Waals surface area contributed by atoms with Crippen molar-refractivity contribution in [2.75, 3.05) is 0 Å². The number of hydrogen-bond donors (Lipinski definition) is 2. The van der Waals surface area contributed by atoms with E-state index in [2.05, 4.69) is 52.0 Å². The molecule has 2 aromatic heterocycles. The fraction of sp³-hybridized carbons (Fsp3) is 0.316. The summed E-state index contributed by atoms with van der Waals surface area (Å²) in [6.07, 6.45) is 2.89. The molecule has 2 atom stereocenters. The van der Waals surface area contributed by atoms with Gasteiger partial charge in [-0.15, -0.1) is 10.2 Å². The molecule has 6 heteroatoms. The lowest BCUT2D eigenvalue weighted by molar-refractivity contribution is 0.234. The minimum Gasteiger partial charge on any atom is -0.332 e. The number of rotatable bonds is 5. The lowest BCUT2D eigenvalue weighted by Crippen LogP contribution is -2.38. The lowest BCUT2D eigenvalue weighted by Gasteiger charge is -2.18. The topological polar surface area (TPSA) is 71.3 Å². The average molecular weight is 337 g/mol. The predicted octanol–water partition coefficient (Wildman–Crippen LogP) is 3.41. The van der Waals surface area contributed by atoms with Crippen molar-refractivity contribution in [2.24, 2.45) is 0 Å². The first kappa shape index (κ1) is 17.0. The summed E-state index contributed by atoms with van der Waals surface area (Å²) in [5.41, 5.74) is 3.12. The molecule has 0 bridgehead atoms. The van der Waals surface area contributed by atoms with Gasteiger partial charge >= 0.3 is 6.03 Å². The molecule has 0 spiro atoms. The molecule has 1 aromatic carbocycles. The summed E-state index contributed by atoms with van der Waals surface area (Å²) < 4.78 is 1.87. The van der Waals surface area contributed by atoms with E-state index in [1.54, 1.807) is 0 Å². The van der Waals surface area contributed by atoms with Crippen LogP contribution >= 0.6 is 0 Å². The summed E-state index contributed by atoms with van der Waals surface area (Å²) >= 11 is 0. The summed E-state index contributed by atoms with van der Waals surface area (Å²) in [4.78, 5) is 12.3. The van der Waals surface area contributed by atoms with Crippen molar-refractivity contribution in [1.29, 1.82) is 0 Å². The van der Waals surface area contributed by atoms with Gasteiger partial charge in [-0.25, -0.2) is 4.79 Å². The first-order valence-corrected chi connectivity index (χ1v) is 8.54. The van der Waals surface area contributed by atoms with E-state index in [0.29, 0.717) is 5.82 Å². The van der Waals surface area contributed by atoms with Crippen LogP contribution in [0.25, 0.3) is 5.65 Å². The summed E-state index contributed by atoms with van der Waals surface area (Å²) in [5, 5.41) is 14.2. The first-order valence-electron chi connectivity index (χ1n) is 8.54. The van der Waals surface area contributed by atoms with Crippen molar-refractivity contribution in [3.63, 3.8) is 0 Å². The zero-order valence-corrected chi connectivity index (χ0v) is 14.7. The predicted molar refractivity (Wildman–Crippen MR) is 97.3 cm³/mol. The molecule has 0 aliphatic heterocycles. The van der Waals surface area contributed by atoms with Crippen LogP contribution in [0, 0.1) is 0 Å². The highest BCUT2D eigenvalue weighted by Gasteiger charge is 2.17. The number of nitrogens with one attached hydrogen (secondary N) is 2. The summed E-state index contributed by atoms with van der Waals surface area (Å²) in [6.45, 7) is 5.99. The minimum atomic E-state index is -0.257. The van der Waals surface area contributed by atoms with Gasteiger partial charge in [-0.3, -0.25) is 4.40 Å². The third kappa shape index (κ3) is 3.79. The molecule has 0 aliphatic rings. The van der Waals surface area contributed by atoms with Gasteiger partial charge < -0.3 is 10.6 Å². The van der Waals surface area contributed by atoms with Crippen LogP contribution in [0.4, 0.5) is 4.79 Å². The van der Waals surface area contributed by atoms with Crippen LogP contribution < -0.4 is 10.6 Å². The Balaban J connectivity index is 1.63. The summed E-state index contributed by atoms with van der Waals surface area (Å²) in [6, 6.07) is 13.4. The highest BCUT2D eigenvalue weighted by molar-refractivity contribution is 5.74. The van der Waals surface area contributed by atoms with Gasteiger partial charge in [-0.2, -0.15) is 0 Å². The molecule has 2 unspecified atom stereocenters. The Labute approximate surface area is 147 Å². The molecule has 2 amide bonds. The second-order valence-corrected chi connectivity index (χ2v) is 6.14. The Morgan fingerprint density at radius 1 is 1.04 bits per heavy atom. The molecular weight excluding hydrogens is 314 g/mol. The number of carbonyl (C=O) groups excluding carboxylic acids is 1. The first-order chi connectivity index (χ1) is 12.1. The van der Waals surface area contributed by atoms with Crippen LogP contribution in [0.2, 0.25) is 0 Å². The normalized spacial score (nSPS) is 13.4. The Hall–Kier alpha value is -2.89. The molecule has 0 fully saturated rings. The molecule has 2 heterocycles. The number of aromatic nitrogens is 3. The van der Waals surface area contributed by atoms with Gasteiger partial charge in [0.05, 0.1) is 12.1 Å². The fourth-order valence-corrected chi connectivity index (χ4v) is 2.78. The molecule has 25 heavy (non-hydrogen) atoms. The van der Waals surface area contributed by atoms with Gasteiger partial charge in [0.1, 0.15) is 0 Å². The SMILES string of the molecule is CCc1ccc(C(C)NC(=O)NC(C)c2nnc3ccccn23)cc1. The number of fused-ring (bicyclic) bond motifs is 1. The second kappa shape index (κ2) is 7.34. The molecule has 0 saturated carbocycles. The molecule has 0 aliphatic carbocycles. The third-order valence-corrected chi connectivity index (χ3v) is 4.31. The van der Waals surface area contributed by atoms with Crippen molar-refractivity contribution in [3.8, 4) is 0 Å². The smallest absolute Gasteiger partial charge is 0.315 e. The van der Waals surface area contributed by atoms with E-state index < -0.39 is 0 Å². The molecule has 3 aromatic rings. The van der Waals surface area contributed by atoms with Crippen molar-refractivity contribution < 1.29 is 4.79 Å². The van der Waals surface area contributed by atoms with Crippen LogP contribution in [0.15, 0.2) is 48.7 Å². The van der Waals surface area contributed by atoms with Crippen LogP contribution in [0.1, 0.15) is 49.8 Å². The average Bonchev–Trinajstić information content (AvgIpc) is 3.06. The van der Waals surface area contributed by atoms with Gasteiger partial charge in [-0.05, 0) is 43.5 Å². The molecule has 6 nitrogen and oxygen atoms in total. The van der Waals surface area contributed by atoms with Gasteiger partial charge in [-0.1, -0.05) is 37.3 Å². The maximum Gasteiger partial charge on any atom is 0.315 e. The van der Waals surface area contributed by atoms with E-state index >= 15 is 0 Å². The highest BCUT2D eigenvalue weighted by atomic mass is 16.2. The fourth-order valence-electron chi connectivity index (χ4n) is 2.78. The zero-order valence-electron chi connectivity index (χ0n) is 14.7. The number of carbonyl (C=O) groups is 1. The number of hydrogen-bond acceptors (Lipinski definition) is 3. The van der Waals surface area contributed by atoms with Crippen LogP contribution in [0.3, 0.4) is 0 Å². The Bertz CT molecular complexity index is 856. The van der Waals surface area contributed by atoms with E-state index in [-0.39, 0.29) is 18.1 Å². The maximum atomic E-state index is 12.3. The number of nitrogens with zero attached hydrogens (tertiary/aromatic N) is 3. The molecule has 2 N–H and O–H groups in total. The number of urea groups is 1. The van der Waals surface area contributed by atoms with Gasteiger partial charge in [0.15, 0.2) is 11.5 Å². The van der Waals surface area contributed by atoms with Crippen molar-refractivity contribution in [2.45, 2.75) is 39.3 Å². The van der Waals surface area contributed by atoms with Gasteiger partial charge in [0, 0.05) is 6.20 Å². The van der Waals surface area contributed by atoms with Crippen LogP contribution in [-0.4, -0.2) is 20.6 Å². The van der Waals surface area contributed by atoms with Crippen molar-refractivity contribution in [3.05, 3.63) is 65.6 Å². The third-order valence-electron chi connectivity index (χ3n) is 4.31. The van der Waals surface area contributed by atoms with Crippen molar-refractivity contribution >= 4 is 11.7 Å². The quantitative estimate of drug-likeness (QED) is 0.749. The molecular formula is C19H23N5O. The lowest BCUT2D eigenvalue weighted by atomic mass is 10.1. The van der Waals surface area contributed by atoms with E-state index in [1.807, 2.05) is 42.6 Å². The Kier molecular flexibility index (Phi) is 4.97. The van der Waals surface area contributed by atoms with Gasteiger partial charge in [0.25, 0.3) is 0 Å². The summed E-state index contributed by atoms with van der Waals surface area (Å²) in [5.74, 6) is 0.700. The number of aryl methyl sites for hydroxylation is 1. The second-order valence-electron chi connectivity index (χ2n) is 6.14. The molecule has 3 rings (SSSR count). The highest BCUT2D eigenvalue weighted by Crippen LogP contribution is 2.15. The van der Waals surface area contributed by atoms with E-state index in [0.717, 1.165) is 17.6 Å². The van der Waals surface area contributed by atoms with Crippen molar-refractivity contribution in [1.82, 2.24) is 25.2 Å². The maximum absolute atomic E-state index is 12.3. The largest absolute Gasteiger partial charge is 0.332 e. The van der Waals surface area contributed by atoms with E-state index in [1.165, 1.54) is 5.56 Å². The summed E-state index contributed by atoms with van der Waals surface area (Å²) in [7, 11) is 0. The van der Waals surface area contributed by atoms with Crippen LogP contribution in [0.5, 0.6) is 0 Å². The van der Waals surface area contributed by atoms with E-state index in [4.69, 9.17) is 0 Å². The standard InChI is InChI=1S/C19H23N5O/c1-4-15-8-10-16(11-9-15)13(2)20-19(25)21-14(3)18-23-22-17-7-5-6-12-24(17)18/h5-14H,4H2,1-3H3,(H2,20,21,25). The minimum absolute atomic E-state index is 0.0757. The van der Waals surface area contributed by atoms with E-state index in [9.17, 15) is 4.79 Å². The van der Waals surface area contributed by atoms with Gasteiger partial charge in [0.2, 0.25) is 0 Å². The monoisotopic (exact) mass is 337 g/mol. The number of benzene rings is 1. The molecule has 0 radical (unpaired) electrons.